The van der Waals surface area contributed by atoms with E-state index in [0.717, 1.165) is 34.6 Å². The van der Waals surface area contributed by atoms with Crippen LogP contribution in [0.4, 0.5) is 4.79 Å². The molecule has 0 aliphatic carbocycles. The SMILES string of the molecule is Cc1cc(-c2ccnc3ccnn23)ccc1OCC(C)(CC(C)C)NC(=O)OC(C)(C)C. The van der Waals surface area contributed by atoms with Crippen molar-refractivity contribution >= 4 is 11.7 Å². The molecule has 1 aromatic carbocycles. The van der Waals surface area contributed by atoms with Crippen molar-refractivity contribution in [1.29, 1.82) is 0 Å². The number of aromatic nitrogens is 3. The van der Waals surface area contributed by atoms with Crippen LogP contribution in [-0.2, 0) is 4.74 Å². The highest BCUT2D eigenvalue weighted by atomic mass is 16.6. The number of nitrogens with one attached hydrogen (secondary N) is 1. The standard InChI is InChI=1S/C25H34N4O3/c1-17(2)15-25(7,28-23(30)32-24(4,5)6)16-31-21-9-8-19(14-18(21)3)20-10-12-26-22-11-13-27-29(20)22/h8-14,17H,15-16H2,1-7H3,(H,28,30). The molecule has 0 aliphatic heterocycles. The lowest BCUT2D eigenvalue weighted by Gasteiger charge is -2.33. The van der Waals surface area contributed by atoms with Gasteiger partial charge in [-0.05, 0) is 76.8 Å². The van der Waals surface area contributed by atoms with Gasteiger partial charge in [0, 0.05) is 17.8 Å². The second kappa shape index (κ2) is 9.18. The van der Waals surface area contributed by atoms with Gasteiger partial charge < -0.3 is 14.8 Å². The van der Waals surface area contributed by atoms with Gasteiger partial charge in [0.2, 0.25) is 0 Å². The molecule has 3 aromatic rings. The fourth-order valence-electron chi connectivity index (χ4n) is 3.86. The van der Waals surface area contributed by atoms with Gasteiger partial charge in [0.15, 0.2) is 5.65 Å². The molecule has 172 valence electrons. The van der Waals surface area contributed by atoms with Crippen LogP contribution in [0, 0.1) is 12.8 Å². The highest BCUT2D eigenvalue weighted by molar-refractivity contribution is 5.69. The van der Waals surface area contributed by atoms with Gasteiger partial charge in [-0.1, -0.05) is 13.8 Å². The van der Waals surface area contributed by atoms with Gasteiger partial charge in [0.25, 0.3) is 0 Å². The van der Waals surface area contributed by atoms with E-state index in [4.69, 9.17) is 9.47 Å². The van der Waals surface area contributed by atoms with Crippen LogP contribution in [0.1, 0.15) is 53.5 Å². The Kier molecular flexibility index (Phi) is 6.77. The summed E-state index contributed by atoms with van der Waals surface area (Å²) in [5.74, 6) is 1.16. The Morgan fingerprint density at radius 2 is 1.88 bits per heavy atom. The molecular weight excluding hydrogens is 404 g/mol. The van der Waals surface area contributed by atoms with Crippen LogP contribution in [0.2, 0.25) is 0 Å². The molecule has 1 unspecified atom stereocenters. The molecule has 1 atom stereocenters. The average molecular weight is 439 g/mol. The van der Waals surface area contributed by atoms with E-state index in [9.17, 15) is 4.79 Å². The van der Waals surface area contributed by atoms with E-state index in [2.05, 4.69) is 35.3 Å². The maximum atomic E-state index is 12.4. The lowest BCUT2D eigenvalue weighted by molar-refractivity contribution is 0.0408. The van der Waals surface area contributed by atoms with E-state index < -0.39 is 17.2 Å². The van der Waals surface area contributed by atoms with Gasteiger partial charge >= 0.3 is 6.09 Å². The molecule has 2 aromatic heterocycles. The van der Waals surface area contributed by atoms with Crippen LogP contribution in [-0.4, -0.2) is 38.4 Å². The highest BCUT2D eigenvalue weighted by Gasteiger charge is 2.31. The van der Waals surface area contributed by atoms with Crippen LogP contribution in [0.5, 0.6) is 5.75 Å². The number of rotatable bonds is 7. The maximum absolute atomic E-state index is 12.4. The summed E-state index contributed by atoms with van der Waals surface area (Å²) < 4.78 is 13.5. The molecule has 32 heavy (non-hydrogen) atoms. The largest absolute Gasteiger partial charge is 0.491 e. The quantitative estimate of drug-likeness (QED) is 0.533. The number of benzene rings is 1. The number of amides is 1. The van der Waals surface area contributed by atoms with E-state index >= 15 is 0 Å². The molecule has 2 heterocycles. The van der Waals surface area contributed by atoms with Gasteiger partial charge in [-0.25, -0.2) is 14.3 Å². The molecule has 0 spiro atoms. The Balaban J connectivity index is 1.76. The number of ether oxygens (including phenoxy) is 2. The fraction of sp³-hybridized carbons (Fsp3) is 0.480. The molecule has 1 amide bonds. The topological polar surface area (TPSA) is 77.8 Å². The molecule has 0 saturated heterocycles. The Morgan fingerprint density at radius 1 is 1.12 bits per heavy atom. The monoisotopic (exact) mass is 438 g/mol. The van der Waals surface area contributed by atoms with Crippen molar-refractivity contribution in [2.45, 2.75) is 66.0 Å². The first-order valence-corrected chi connectivity index (χ1v) is 11.0. The summed E-state index contributed by atoms with van der Waals surface area (Å²) in [5, 5.41) is 7.39. The number of nitrogens with zero attached hydrogens (tertiary/aromatic N) is 3. The summed E-state index contributed by atoms with van der Waals surface area (Å²) in [6.45, 7) is 14.2. The molecule has 0 bridgehead atoms. The normalized spacial score (nSPS) is 13.8. The van der Waals surface area contributed by atoms with E-state index in [1.165, 1.54) is 0 Å². The van der Waals surface area contributed by atoms with Gasteiger partial charge in [0.1, 0.15) is 18.0 Å². The minimum atomic E-state index is -0.562. The number of hydrogen-bond donors (Lipinski definition) is 1. The number of fused-ring (bicyclic) bond motifs is 1. The summed E-state index contributed by atoms with van der Waals surface area (Å²) in [5.41, 5.74) is 2.69. The third kappa shape index (κ3) is 5.99. The number of hydrogen-bond acceptors (Lipinski definition) is 5. The summed E-state index contributed by atoms with van der Waals surface area (Å²) in [4.78, 5) is 16.7. The van der Waals surface area contributed by atoms with Crippen molar-refractivity contribution in [3.8, 4) is 17.0 Å². The van der Waals surface area contributed by atoms with Crippen LogP contribution >= 0.6 is 0 Å². The van der Waals surface area contributed by atoms with Crippen molar-refractivity contribution in [3.05, 3.63) is 48.3 Å². The van der Waals surface area contributed by atoms with E-state index in [0.29, 0.717) is 12.5 Å². The number of carbonyl (C=O) groups excluding carboxylic acids is 1. The second-order valence-corrected chi connectivity index (χ2v) is 9.99. The molecule has 0 aliphatic rings. The molecule has 0 radical (unpaired) electrons. The first-order valence-electron chi connectivity index (χ1n) is 11.0. The third-order valence-electron chi connectivity index (χ3n) is 4.97. The zero-order valence-electron chi connectivity index (χ0n) is 20.1. The lowest BCUT2D eigenvalue weighted by atomic mass is 9.91. The number of aryl methyl sites for hydroxylation is 1. The zero-order valence-corrected chi connectivity index (χ0v) is 20.1. The number of carbonyl (C=O) groups is 1. The van der Waals surface area contributed by atoms with Crippen LogP contribution in [0.3, 0.4) is 0 Å². The lowest BCUT2D eigenvalue weighted by Crippen LogP contribution is -2.52. The Bertz CT molecular complexity index is 1080. The van der Waals surface area contributed by atoms with Crippen LogP contribution in [0.15, 0.2) is 42.7 Å². The van der Waals surface area contributed by atoms with E-state index in [1.807, 2.05) is 63.4 Å². The summed E-state index contributed by atoms with van der Waals surface area (Å²) >= 11 is 0. The maximum Gasteiger partial charge on any atom is 0.408 e. The summed E-state index contributed by atoms with van der Waals surface area (Å²) in [6.07, 6.45) is 3.85. The summed E-state index contributed by atoms with van der Waals surface area (Å²) in [6, 6.07) is 9.87. The van der Waals surface area contributed by atoms with Crippen molar-refractivity contribution < 1.29 is 14.3 Å². The molecule has 1 N–H and O–H groups in total. The Hall–Kier alpha value is -3.09. The average Bonchev–Trinajstić information content (AvgIpc) is 3.13. The van der Waals surface area contributed by atoms with E-state index in [1.54, 1.807) is 12.4 Å². The number of alkyl carbamates (subject to hydrolysis) is 1. The van der Waals surface area contributed by atoms with Gasteiger partial charge in [-0.3, -0.25) is 0 Å². The van der Waals surface area contributed by atoms with Crippen molar-refractivity contribution in [2.24, 2.45) is 5.92 Å². The van der Waals surface area contributed by atoms with Crippen molar-refractivity contribution in [1.82, 2.24) is 19.9 Å². The molecule has 7 nitrogen and oxygen atoms in total. The molecule has 3 rings (SSSR count). The fourth-order valence-corrected chi connectivity index (χ4v) is 3.86. The van der Waals surface area contributed by atoms with Crippen LogP contribution < -0.4 is 10.1 Å². The van der Waals surface area contributed by atoms with Crippen molar-refractivity contribution in [3.63, 3.8) is 0 Å². The van der Waals surface area contributed by atoms with Crippen molar-refractivity contribution in [2.75, 3.05) is 6.61 Å². The first kappa shape index (κ1) is 23.6. The minimum Gasteiger partial charge on any atom is -0.491 e. The van der Waals surface area contributed by atoms with E-state index in [-0.39, 0.29) is 0 Å². The molecule has 0 fully saturated rings. The first-order chi connectivity index (χ1) is 15.0. The third-order valence-corrected chi connectivity index (χ3v) is 4.97. The predicted molar refractivity (Wildman–Crippen MR) is 126 cm³/mol. The van der Waals surface area contributed by atoms with Crippen LogP contribution in [0.25, 0.3) is 16.9 Å². The minimum absolute atomic E-state index is 0.337. The zero-order chi connectivity index (χ0) is 23.5. The Morgan fingerprint density at radius 3 is 2.53 bits per heavy atom. The Labute approximate surface area is 190 Å². The second-order valence-electron chi connectivity index (χ2n) is 9.99. The predicted octanol–water partition coefficient (Wildman–Crippen LogP) is 5.41. The van der Waals surface area contributed by atoms with Gasteiger partial charge in [-0.2, -0.15) is 5.10 Å². The molecular formula is C25H34N4O3. The van der Waals surface area contributed by atoms with Gasteiger partial charge in [0.05, 0.1) is 17.4 Å². The summed E-state index contributed by atoms with van der Waals surface area (Å²) in [7, 11) is 0. The molecule has 7 heteroatoms. The van der Waals surface area contributed by atoms with Gasteiger partial charge in [-0.15, -0.1) is 0 Å². The molecule has 0 saturated carbocycles. The highest BCUT2D eigenvalue weighted by Crippen LogP contribution is 2.28. The smallest absolute Gasteiger partial charge is 0.408 e.